The Kier molecular flexibility index (Phi) is 6.14. The van der Waals surface area contributed by atoms with Gasteiger partial charge in [-0.2, -0.15) is 0 Å². The van der Waals surface area contributed by atoms with E-state index in [0.717, 1.165) is 17.9 Å². The van der Waals surface area contributed by atoms with Gasteiger partial charge in [-0.25, -0.2) is 4.21 Å². The van der Waals surface area contributed by atoms with E-state index in [1.54, 1.807) is 48.5 Å². The summed E-state index contributed by atoms with van der Waals surface area (Å²) in [4.78, 5) is 13.5. The number of rotatable bonds is 6. The number of fused-ring (bicyclic) bond motifs is 1. The van der Waals surface area contributed by atoms with Gasteiger partial charge in [-0.1, -0.05) is 42.5 Å². The van der Waals surface area contributed by atoms with Crippen LogP contribution in [0.2, 0.25) is 0 Å². The minimum atomic E-state index is -1.41. The third-order valence-electron chi connectivity index (χ3n) is 5.71. The zero-order chi connectivity index (χ0) is 23.5. The Morgan fingerprint density at radius 2 is 1.59 bits per heavy atom. The number of amides is 1. The number of nitrogens with zero attached hydrogens (tertiary/aromatic N) is 1. The summed E-state index contributed by atoms with van der Waals surface area (Å²) >= 11 is 0. The minimum absolute atomic E-state index is 0.118. The minimum Gasteiger partial charge on any atom is -0.457 e. The van der Waals surface area contributed by atoms with Gasteiger partial charge in [0.15, 0.2) is 11.0 Å². The van der Waals surface area contributed by atoms with Gasteiger partial charge in [-0.3, -0.25) is 9.10 Å². The van der Waals surface area contributed by atoms with Crippen molar-refractivity contribution in [3.8, 4) is 11.5 Å². The quantitative estimate of drug-likeness (QED) is 0.366. The van der Waals surface area contributed by atoms with Gasteiger partial charge in [0.1, 0.15) is 11.5 Å². The molecule has 1 aliphatic heterocycles. The summed E-state index contributed by atoms with van der Waals surface area (Å²) in [5, 5.41) is 2.90. The van der Waals surface area contributed by atoms with Gasteiger partial charge in [0.05, 0.1) is 10.6 Å². The van der Waals surface area contributed by atoms with Gasteiger partial charge < -0.3 is 10.1 Å². The van der Waals surface area contributed by atoms with Gasteiger partial charge in [-0.05, 0) is 79.6 Å². The lowest BCUT2D eigenvalue weighted by molar-refractivity contribution is 0.102. The molecule has 0 fully saturated rings. The molecule has 4 aromatic carbocycles. The van der Waals surface area contributed by atoms with Crippen LogP contribution in [0.5, 0.6) is 11.5 Å². The zero-order valence-electron chi connectivity index (χ0n) is 18.7. The first-order valence-electron chi connectivity index (χ1n) is 11.1. The summed E-state index contributed by atoms with van der Waals surface area (Å²) in [5.74, 6) is 1.17. The molecule has 0 saturated heterocycles. The molecule has 2 atom stereocenters. The molecule has 1 heterocycles. The summed E-state index contributed by atoms with van der Waals surface area (Å²) in [7, 11) is -1.41. The molecule has 0 aromatic heterocycles. The van der Waals surface area contributed by atoms with E-state index in [1.807, 2.05) is 52.8 Å². The molecule has 5 rings (SSSR count). The first-order chi connectivity index (χ1) is 16.6. The maximum absolute atomic E-state index is 13.4. The number of benzene rings is 4. The molecule has 34 heavy (non-hydrogen) atoms. The molecule has 0 spiro atoms. The highest BCUT2D eigenvalue weighted by Crippen LogP contribution is 2.35. The van der Waals surface area contributed by atoms with E-state index in [9.17, 15) is 9.00 Å². The van der Waals surface area contributed by atoms with Crippen LogP contribution < -0.4 is 14.4 Å². The maximum atomic E-state index is 13.4. The summed E-state index contributed by atoms with van der Waals surface area (Å²) in [5.41, 5.74) is 3.28. The smallest absolute Gasteiger partial charge is 0.255 e. The fourth-order valence-corrected chi connectivity index (χ4v) is 5.49. The fraction of sp³-hybridized carbons (Fsp3) is 0.107. The van der Waals surface area contributed by atoms with Crippen molar-refractivity contribution in [2.75, 3.05) is 9.62 Å². The number of anilines is 2. The van der Waals surface area contributed by atoms with Crippen LogP contribution in [0.25, 0.3) is 0 Å². The number of nitrogens with one attached hydrogen (secondary N) is 1. The monoisotopic (exact) mass is 468 g/mol. The van der Waals surface area contributed by atoms with Crippen molar-refractivity contribution >= 4 is 28.3 Å². The Bertz CT molecular complexity index is 1340. The van der Waals surface area contributed by atoms with E-state index in [0.29, 0.717) is 21.9 Å². The van der Waals surface area contributed by atoms with E-state index in [-0.39, 0.29) is 11.9 Å². The molecule has 4 aromatic rings. The maximum Gasteiger partial charge on any atom is 0.255 e. The van der Waals surface area contributed by atoms with Crippen LogP contribution in [-0.2, 0) is 17.4 Å². The van der Waals surface area contributed by atoms with E-state index in [1.165, 1.54) is 5.56 Å². The van der Waals surface area contributed by atoms with Crippen LogP contribution in [0.15, 0.2) is 108 Å². The first-order valence-corrected chi connectivity index (χ1v) is 12.2. The lowest BCUT2D eigenvalue weighted by Gasteiger charge is -2.23. The molecule has 1 N–H and O–H groups in total. The number of para-hydroxylation sites is 2. The Labute approximate surface area is 201 Å². The average molecular weight is 469 g/mol. The van der Waals surface area contributed by atoms with Gasteiger partial charge in [-0.15, -0.1) is 0 Å². The largest absolute Gasteiger partial charge is 0.457 e. The number of ether oxygens (including phenoxy) is 1. The van der Waals surface area contributed by atoms with Gasteiger partial charge in [0, 0.05) is 17.3 Å². The van der Waals surface area contributed by atoms with Gasteiger partial charge in [0.2, 0.25) is 0 Å². The highest BCUT2D eigenvalue weighted by atomic mass is 32.2. The molecule has 1 aliphatic rings. The van der Waals surface area contributed by atoms with Crippen LogP contribution in [0.1, 0.15) is 22.8 Å². The number of carbonyl (C=O) groups is 1. The standard InChI is InChI=1S/C28H24N2O3S/c1-20-18-21-8-5-6-13-27(21)30(20)34(32)26-12-7-9-22(19-26)28(31)29-23-14-16-25(17-15-23)33-24-10-3-2-4-11-24/h2-17,19-20H,18H2,1H3,(H,29,31). The third kappa shape index (κ3) is 4.58. The number of hydrogen-bond donors (Lipinski definition) is 1. The van der Waals surface area contributed by atoms with Crippen molar-refractivity contribution in [1.29, 1.82) is 0 Å². The van der Waals surface area contributed by atoms with E-state index in [2.05, 4.69) is 18.3 Å². The molecule has 1 amide bonds. The second-order valence-electron chi connectivity index (χ2n) is 8.18. The SMILES string of the molecule is CC1Cc2ccccc2N1S(=O)c1cccc(C(=O)Nc2ccc(Oc3ccccc3)cc2)c1. The van der Waals surface area contributed by atoms with Crippen LogP contribution in [0.4, 0.5) is 11.4 Å². The molecule has 0 aliphatic carbocycles. The van der Waals surface area contributed by atoms with Crippen molar-refractivity contribution in [2.24, 2.45) is 0 Å². The summed E-state index contributed by atoms with van der Waals surface area (Å²) in [6.45, 7) is 2.07. The average Bonchev–Trinajstić information content (AvgIpc) is 3.21. The van der Waals surface area contributed by atoms with E-state index in [4.69, 9.17) is 4.74 Å². The normalized spacial score (nSPS) is 15.4. The predicted octanol–water partition coefficient (Wildman–Crippen LogP) is 6.21. The van der Waals surface area contributed by atoms with Crippen molar-refractivity contribution < 1.29 is 13.7 Å². The summed E-state index contributed by atoms with van der Waals surface area (Å²) in [6, 6.07) is 31.9. The van der Waals surface area contributed by atoms with Crippen molar-refractivity contribution in [3.05, 3.63) is 114 Å². The molecule has 0 saturated carbocycles. The van der Waals surface area contributed by atoms with Crippen molar-refractivity contribution in [3.63, 3.8) is 0 Å². The molecule has 0 radical (unpaired) electrons. The number of carbonyl (C=O) groups excluding carboxylic acids is 1. The van der Waals surface area contributed by atoms with Gasteiger partial charge in [0.25, 0.3) is 5.91 Å². The van der Waals surface area contributed by atoms with E-state index < -0.39 is 11.0 Å². The number of hydrogen-bond acceptors (Lipinski definition) is 3. The zero-order valence-corrected chi connectivity index (χ0v) is 19.5. The fourth-order valence-electron chi connectivity index (χ4n) is 4.08. The Morgan fingerprint density at radius 3 is 2.38 bits per heavy atom. The van der Waals surface area contributed by atoms with Gasteiger partial charge >= 0.3 is 0 Å². The summed E-state index contributed by atoms with van der Waals surface area (Å²) in [6.07, 6.45) is 0.853. The Balaban J connectivity index is 1.29. The lowest BCUT2D eigenvalue weighted by Crippen LogP contribution is -2.31. The molecule has 170 valence electrons. The molecule has 0 bridgehead atoms. The Morgan fingerprint density at radius 1 is 0.882 bits per heavy atom. The third-order valence-corrected chi connectivity index (χ3v) is 7.28. The van der Waals surface area contributed by atoms with Crippen molar-refractivity contribution in [1.82, 2.24) is 0 Å². The molecular formula is C28H24N2O3S. The molecule has 5 nitrogen and oxygen atoms in total. The Hall–Kier alpha value is -3.90. The predicted molar refractivity (Wildman–Crippen MR) is 136 cm³/mol. The topological polar surface area (TPSA) is 58.6 Å². The first kappa shape index (κ1) is 21.9. The van der Waals surface area contributed by atoms with Crippen LogP contribution in [0.3, 0.4) is 0 Å². The van der Waals surface area contributed by atoms with Crippen LogP contribution in [-0.4, -0.2) is 16.2 Å². The second kappa shape index (κ2) is 9.53. The highest BCUT2D eigenvalue weighted by molar-refractivity contribution is 7.86. The highest BCUT2D eigenvalue weighted by Gasteiger charge is 2.30. The summed E-state index contributed by atoms with van der Waals surface area (Å²) < 4.78 is 21.2. The van der Waals surface area contributed by atoms with E-state index >= 15 is 0 Å². The van der Waals surface area contributed by atoms with Crippen LogP contribution in [0, 0.1) is 0 Å². The lowest BCUT2D eigenvalue weighted by atomic mass is 10.1. The van der Waals surface area contributed by atoms with Crippen molar-refractivity contribution in [2.45, 2.75) is 24.3 Å². The second-order valence-corrected chi connectivity index (χ2v) is 9.54. The molecular weight excluding hydrogens is 444 g/mol. The molecule has 6 heteroatoms. The van der Waals surface area contributed by atoms with Crippen LogP contribution >= 0.6 is 0 Å². The molecule has 2 unspecified atom stereocenters.